The van der Waals surface area contributed by atoms with Gasteiger partial charge in [-0.1, -0.05) is 18.6 Å². The molecule has 184 valence electrons. The fourth-order valence-corrected chi connectivity index (χ4v) is 5.19. The number of aromatic nitrogens is 4. The fraction of sp³-hybridized carbons (Fsp3) is 0.462. The number of carbonyl (C=O) groups is 1. The van der Waals surface area contributed by atoms with Gasteiger partial charge in [-0.15, -0.1) is 0 Å². The molecule has 1 saturated heterocycles. The molecule has 1 aromatic carbocycles. The fourth-order valence-electron chi connectivity index (χ4n) is 4.44. The number of nitrogens with zero attached hydrogens (tertiary/aromatic N) is 5. The van der Waals surface area contributed by atoms with E-state index in [1.54, 1.807) is 11.8 Å². The van der Waals surface area contributed by atoms with Crippen LogP contribution in [-0.4, -0.2) is 64.1 Å². The molecule has 0 bridgehead atoms. The van der Waals surface area contributed by atoms with E-state index in [1.165, 1.54) is 6.42 Å². The number of ketones is 1. The van der Waals surface area contributed by atoms with Gasteiger partial charge in [0.1, 0.15) is 17.4 Å². The van der Waals surface area contributed by atoms with Crippen LogP contribution >= 0.6 is 11.8 Å². The van der Waals surface area contributed by atoms with Crippen LogP contribution in [-0.2, 0) is 11.2 Å². The first-order chi connectivity index (χ1) is 16.9. The van der Waals surface area contributed by atoms with E-state index in [1.807, 2.05) is 13.0 Å². The molecule has 1 aliphatic carbocycles. The van der Waals surface area contributed by atoms with Gasteiger partial charge in [0.2, 0.25) is 0 Å². The number of anilines is 3. The van der Waals surface area contributed by atoms with Crippen molar-refractivity contribution in [1.82, 2.24) is 25.1 Å². The maximum Gasteiger partial charge on any atom is 0.196 e. The van der Waals surface area contributed by atoms with Crippen molar-refractivity contribution >= 4 is 35.0 Å². The lowest BCUT2D eigenvalue weighted by Crippen LogP contribution is -2.45. The van der Waals surface area contributed by atoms with Gasteiger partial charge < -0.3 is 15.1 Å². The van der Waals surface area contributed by atoms with E-state index in [9.17, 15) is 4.79 Å². The first kappa shape index (κ1) is 23.8. The van der Waals surface area contributed by atoms with Gasteiger partial charge in [0.15, 0.2) is 11.0 Å². The smallest absolute Gasteiger partial charge is 0.196 e. The Hall–Kier alpha value is -2.91. The zero-order chi connectivity index (χ0) is 24.4. The van der Waals surface area contributed by atoms with E-state index in [-0.39, 0.29) is 5.92 Å². The van der Waals surface area contributed by atoms with Crippen LogP contribution in [0.1, 0.15) is 36.1 Å². The average Bonchev–Trinajstić information content (AvgIpc) is 3.21. The SMILES string of the molecule is Cc1cc(Nc2nc(Sc3ccc(CC(=O)C4CCC4)cc3)nc(N3CCN(C)CC3)c2C)n[nH]1. The number of aromatic amines is 1. The molecule has 3 heterocycles. The largest absolute Gasteiger partial charge is 0.354 e. The van der Waals surface area contributed by atoms with Crippen molar-refractivity contribution in [3.8, 4) is 0 Å². The van der Waals surface area contributed by atoms with Crippen LogP contribution in [0.4, 0.5) is 17.5 Å². The molecule has 2 fully saturated rings. The summed E-state index contributed by atoms with van der Waals surface area (Å²) in [5, 5.41) is 11.4. The summed E-state index contributed by atoms with van der Waals surface area (Å²) in [7, 11) is 2.15. The van der Waals surface area contributed by atoms with E-state index >= 15 is 0 Å². The zero-order valence-corrected chi connectivity index (χ0v) is 21.5. The van der Waals surface area contributed by atoms with Crippen molar-refractivity contribution in [2.75, 3.05) is 43.4 Å². The molecule has 9 heteroatoms. The van der Waals surface area contributed by atoms with E-state index in [4.69, 9.17) is 9.97 Å². The third kappa shape index (κ3) is 5.67. The summed E-state index contributed by atoms with van der Waals surface area (Å²) in [5.41, 5.74) is 3.08. The van der Waals surface area contributed by atoms with Crippen molar-refractivity contribution in [2.24, 2.45) is 5.92 Å². The van der Waals surface area contributed by atoms with Gasteiger partial charge in [0, 0.05) is 60.7 Å². The summed E-state index contributed by atoms with van der Waals surface area (Å²) in [6.07, 6.45) is 3.83. The lowest BCUT2D eigenvalue weighted by Gasteiger charge is -2.34. The predicted molar refractivity (Wildman–Crippen MR) is 140 cm³/mol. The standard InChI is InChI=1S/C26H33N7OS/c1-17-15-23(31-30-17)27-24-18(2)25(33-13-11-32(3)12-14-33)29-26(28-24)35-21-9-7-19(8-10-21)16-22(34)20-5-4-6-20/h7-10,15,20H,4-6,11-14,16H2,1-3H3,(H2,27,28,29,30,31). The van der Waals surface area contributed by atoms with Gasteiger partial charge >= 0.3 is 0 Å². The zero-order valence-electron chi connectivity index (χ0n) is 20.7. The molecule has 2 aliphatic rings. The second kappa shape index (κ2) is 10.4. The summed E-state index contributed by atoms with van der Waals surface area (Å²) in [6.45, 7) is 7.93. The molecule has 8 nitrogen and oxygen atoms in total. The lowest BCUT2D eigenvalue weighted by atomic mass is 9.80. The third-order valence-corrected chi connectivity index (χ3v) is 7.80. The molecule has 0 amide bonds. The number of hydrogen-bond acceptors (Lipinski definition) is 8. The molecule has 2 N–H and O–H groups in total. The number of hydrogen-bond donors (Lipinski definition) is 2. The van der Waals surface area contributed by atoms with Gasteiger partial charge in [-0.3, -0.25) is 9.89 Å². The predicted octanol–water partition coefficient (Wildman–Crippen LogP) is 4.37. The second-order valence-electron chi connectivity index (χ2n) is 9.67. The number of piperazine rings is 1. The average molecular weight is 492 g/mol. The van der Waals surface area contributed by atoms with Crippen molar-refractivity contribution in [3.05, 3.63) is 47.2 Å². The van der Waals surface area contributed by atoms with Gasteiger partial charge in [0.25, 0.3) is 0 Å². The summed E-state index contributed by atoms with van der Waals surface area (Å²) < 4.78 is 0. The Morgan fingerprint density at radius 2 is 1.86 bits per heavy atom. The molecule has 0 spiro atoms. The van der Waals surface area contributed by atoms with Crippen LogP contribution in [0.3, 0.4) is 0 Å². The summed E-state index contributed by atoms with van der Waals surface area (Å²) >= 11 is 1.54. The first-order valence-corrected chi connectivity index (χ1v) is 13.2. The highest BCUT2D eigenvalue weighted by Gasteiger charge is 2.25. The summed E-state index contributed by atoms with van der Waals surface area (Å²) in [5.74, 6) is 3.13. The molecular formula is C26H33N7OS. The van der Waals surface area contributed by atoms with Gasteiger partial charge in [-0.25, -0.2) is 9.97 Å². The summed E-state index contributed by atoms with van der Waals surface area (Å²) in [4.78, 5) is 27.9. The Bertz CT molecular complexity index is 1180. The number of likely N-dealkylation sites (N-methyl/N-ethyl adjacent to an activating group) is 1. The normalized spacial score (nSPS) is 16.8. The van der Waals surface area contributed by atoms with Crippen molar-refractivity contribution < 1.29 is 4.79 Å². The molecule has 0 atom stereocenters. The molecule has 0 radical (unpaired) electrons. The van der Waals surface area contributed by atoms with E-state index in [2.05, 4.69) is 63.6 Å². The summed E-state index contributed by atoms with van der Waals surface area (Å²) in [6, 6.07) is 10.2. The Labute approximate surface area is 210 Å². The van der Waals surface area contributed by atoms with E-state index < -0.39 is 0 Å². The maximum atomic E-state index is 12.4. The Morgan fingerprint density at radius 1 is 1.11 bits per heavy atom. The minimum Gasteiger partial charge on any atom is -0.354 e. The third-order valence-electron chi connectivity index (χ3n) is 6.93. The van der Waals surface area contributed by atoms with Gasteiger partial charge in [0.05, 0.1) is 0 Å². The van der Waals surface area contributed by atoms with Gasteiger partial charge in [-0.05, 0) is 63.2 Å². The van der Waals surface area contributed by atoms with Crippen LogP contribution in [0.15, 0.2) is 40.4 Å². The molecule has 2 aromatic heterocycles. The maximum absolute atomic E-state index is 12.4. The molecule has 3 aromatic rings. The number of Topliss-reactive ketones (excluding diaryl/α,β-unsaturated/α-hetero) is 1. The van der Waals surface area contributed by atoms with Crippen LogP contribution in [0, 0.1) is 19.8 Å². The monoisotopic (exact) mass is 491 g/mol. The Balaban J connectivity index is 1.37. The molecule has 5 rings (SSSR count). The number of rotatable bonds is 8. The second-order valence-corrected chi connectivity index (χ2v) is 10.7. The highest BCUT2D eigenvalue weighted by atomic mass is 32.2. The highest BCUT2D eigenvalue weighted by molar-refractivity contribution is 7.99. The number of nitrogens with one attached hydrogen (secondary N) is 2. The van der Waals surface area contributed by atoms with E-state index in [0.717, 1.165) is 78.2 Å². The molecule has 1 aliphatic heterocycles. The quantitative estimate of drug-likeness (QED) is 0.449. The molecule has 1 saturated carbocycles. The van der Waals surface area contributed by atoms with E-state index in [0.29, 0.717) is 17.4 Å². The van der Waals surface area contributed by atoms with Crippen LogP contribution < -0.4 is 10.2 Å². The van der Waals surface area contributed by atoms with Crippen molar-refractivity contribution in [2.45, 2.75) is 49.6 Å². The number of H-pyrrole nitrogens is 1. The molecular weight excluding hydrogens is 458 g/mol. The van der Waals surface area contributed by atoms with Gasteiger partial charge in [-0.2, -0.15) is 5.10 Å². The number of benzene rings is 1. The Morgan fingerprint density at radius 3 is 2.49 bits per heavy atom. The van der Waals surface area contributed by atoms with Crippen LogP contribution in [0.2, 0.25) is 0 Å². The Kier molecular flexibility index (Phi) is 7.06. The lowest BCUT2D eigenvalue weighted by molar-refractivity contribution is -0.124. The number of carbonyl (C=O) groups excluding carboxylic acids is 1. The first-order valence-electron chi connectivity index (χ1n) is 12.4. The van der Waals surface area contributed by atoms with Crippen molar-refractivity contribution in [3.63, 3.8) is 0 Å². The number of aryl methyl sites for hydroxylation is 1. The van der Waals surface area contributed by atoms with Crippen LogP contribution in [0.5, 0.6) is 0 Å². The topological polar surface area (TPSA) is 90.0 Å². The minimum absolute atomic E-state index is 0.280. The molecule has 35 heavy (non-hydrogen) atoms. The highest BCUT2D eigenvalue weighted by Crippen LogP contribution is 2.33. The minimum atomic E-state index is 0.280. The van der Waals surface area contributed by atoms with Crippen LogP contribution in [0.25, 0.3) is 0 Å². The molecule has 0 unspecified atom stereocenters. The van der Waals surface area contributed by atoms with Crippen molar-refractivity contribution in [1.29, 1.82) is 0 Å².